The Morgan fingerprint density at radius 1 is 1.07 bits per heavy atom. The Labute approximate surface area is 177 Å². The summed E-state index contributed by atoms with van der Waals surface area (Å²) >= 11 is 0. The maximum Gasteiger partial charge on any atom is 0.242 e. The molecule has 1 aliphatic carbocycles. The first-order valence-corrected chi connectivity index (χ1v) is 10.5. The molecule has 0 aliphatic heterocycles. The number of benzene rings is 1. The second-order valence-corrected chi connectivity index (χ2v) is 7.80. The maximum atomic E-state index is 13.3. The van der Waals surface area contributed by atoms with Gasteiger partial charge in [0.05, 0.1) is 12.8 Å². The number of halogens is 1. The summed E-state index contributed by atoms with van der Waals surface area (Å²) in [6, 6.07) is 9.65. The van der Waals surface area contributed by atoms with Gasteiger partial charge in [-0.3, -0.25) is 9.59 Å². The van der Waals surface area contributed by atoms with Gasteiger partial charge in [0.25, 0.3) is 0 Å². The number of carbonyl (C=O) groups excluding carboxylic acids is 2. The Hall–Kier alpha value is -2.89. The van der Waals surface area contributed by atoms with E-state index in [4.69, 9.17) is 4.42 Å². The molecule has 0 atom stereocenters. The molecule has 30 heavy (non-hydrogen) atoms. The summed E-state index contributed by atoms with van der Waals surface area (Å²) in [5.74, 6) is 0.170. The predicted octanol–water partition coefficient (Wildman–Crippen LogP) is 4.54. The molecule has 2 amide bonds. The molecule has 1 aromatic carbocycles. The summed E-state index contributed by atoms with van der Waals surface area (Å²) in [5.41, 5.74) is 0.810. The van der Waals surface area contributed by atoms with Crippen LogP contribution in [0.4, 0.5) is 4.39 Å². The largest absolute Gasteiger partial charge is 0.467 e. The Kier molecular flexibility index (Phi) is 7.82. The zero-order chi connectivity index (χ0) is 21.3. The Bertz CT molecular complexity index is 827. The second kappa shape index (κ2) is 10.8. The standard InChI is InChI=1S/C24H29FN2O3/c1-2-14-26(24(29)20-7-4-3-5-8-20)18-23(28)27(17-22-9-6-15-30-22)16-19-10-12-21(25)13-11-19/h2,6,9-13,15,20H,1,3-5,7-8,14,16-18H2. The molecule has 1 saturated carbocycles. The average Bonchev–Trinajstić information content (AvgIpc) is 3.28. The third-order valence-corrected chi connectivity index (χ3v) is 5.51. The first-order chi connectivity index (χ1) is 14.6. The fourth-order valence-electron chi connectivity index (χ4n) is 3.89. The number of hydrogen-bond donors (Lipinski definition) is 0. The van der Waals surface area contributed by atoms with E-state index in [0.29, 0.717) is 18.8 Å². The number of amides is 2. The molecule has 1 aliphatic rings. The number of nitrogens with zero attached hydrogens (tertiary/aromatic N) is 2. The van der Waals surface area contributed by atoms with Crippen molar-refractivity contribution < 1.29 is 18.4 Å². The summed E-state index contributed by atoms with van der Waals surface area (Å²) in [7, 11) is 0. The molecule has 1 aromatic heterocycles. The highest BCUT2D eigenvalue weighted by Crippen LogP contribution is 2.25. The van der Waals surface area contributed by atoms with Gasteiger partial charge in [0.2, 0.25) is 11.8 Å². The molecular weight excluding hydrogens is 383 g/mol. The number of furan rings is 1. The molecule has 2 aromatic rings. The van der Waals surface area contributed by atoms with Crippen molar-refractivity contribution in [2.45, 2.75) is 45.2 Å². The molecule has 160 valence electrons. The third-order valence-electron chi connectivity index (χ3n) is 5.51. The molecule has 0 bridgehead atoms. The minimum Gasteiger partial charge on any atom is -0.467 e. The van der Waals surface area contributed by atoms with Crippen molar-refractivity contribution in [3.8, 4) is 0 Å². The third kappa shape index (κ3) is 6.05. The van der Waals surface area contributed by atoms with Crippen LogP contribution in [0.25, 0.3) is 0 Å². The van der Waals surface area contributed by atoms with E-state index in [2.05, 4.69) is 6.58 Å². The van der Waals surface area contributed by atoms with Crippen molar-refractivity contribution in [1.82, 2.24) is 9.80 Å². The number of carbonyl (C=O) groups is 2. The van der Waals surface area contributed by atoms with Gasteiger partial charge in [-0.25, -0.2) is 4.39 Å². The molecule has 0 saturated heterocycles. The summed E-state index contributed by atoms with van der Waals surface area (Å²) in [6.45, 7) is 4.66. The van der Waals surface area contributed by atoms with Gasteiger partial charge >= 0.3 is 0 Å². The minimum absolute atomic E-state index is 0.0107. The normalized spacial score (nSPS) is 14.3. The van der Waals surface area contributed by atoms with Crippen LogP contribution in [-0.2, 0) is 22.7 Å². The fraction of sp³-hybridized carbons (Fsp3) is 0.417. The highest BCUT2D eigenvalue weighted by Gasteiger charge is 2.28. The smallest absolute Gasteiger partial charge is 0.242 e. The van der Waals surface area contributed by atoms with Gasteiger partial charge in [-0.1, -0.05) is 37.5 Å². The maximum absolute atomic E-state index is 13.3. The van der Waals surface area contributed by atoms with Crippen molar-refractivity contribution in [1.29, 1.82) is 0 Å². The van der Waals surface area contributed by atoms with E-state index in [1.54, 1.807) is 46.4 Å². The van der Waals surface area contributed by atoms with Gasteiger partial charge in [-0.2, -0.15) is 0 Å². The molecule has 0 unspecified atom stereocenters. The van der Waals surface area contributed by atoms with Crippen LogP contribution >= 0.6 is 0 Å². The number of hydrogen-bond acceptors (Lipinski definition) is 3. The fourth-order valence-corrected chi connectivity index (χ4v) is 3.89. The SMILES string of the molecule is C=CCN(CC(=O)N(Cc1ccc(F)cc1)Cc1ccco1)C(=O)C1CCCCC1. The van der Waals surface area contributed by atoms with E-state index in [-0.39, 0.29) is 36.6 Å². The Morgan fingerprint density at radius 2 is 1.80 bits per heavy atom. The van der Waals surface area contributed by atoms with E-state index >= 15 is 0 Å². The topological polar surface area (TPSA) is 53.8 Å². The van der Waals surface area contributed by atoms with Crippen molar-refractivity contribution in [2.75, 3.05) is 13.1 Å². The van der Waals surface area contributed by atoms with E-state index in [1.807, 2.05) is 0 Å². The molecule has 5 nitrogen and oxygen atoms in total. The van der Waals surface area contributed by atoms with Crippen LogP contribution in [-0.4, -0.2) is 34.7 Å². The molecule has 0 radical (unpaired) electrons. The van der Waals surface area contributed by atoms with Crippen molar-refractivity contribution in [3.63, 3.8) is 0 Å². The average molecular weight is 413 g/mol. The van der Waals surface area contributed by atoms with Gasteiger partial charge in [0, 0.05) is 19.0 Å². The minimum atomic E-state index is -0.321. The molecule has 0 N–H and O–H groups in total. The van der Waals surface area contributed by atoms with E-state index in [0.717, 1.165) is 31.2 Å². The predicted molar refractivity (Wildman–Crippen MR) is 113 cm³/mol. The van der Waals surface area contributed by atoms with Gasteiger partial charge in [-0.15, -0.1) is 6.58 Å². The lowest BCUT2D eigenvalue weighted by molar-refractivity contribution is -0.143. The lowest BCUT2D eigenvalue weighted by Crippen LogP contribution is -2.45. The van der Waals surface area contributed by atoms with Crippen LogP contribution in [0, 0.1) is 11.7 Å². The second-order valence-electron chi connectivity index (χ2n) is 7.80. The van der Waals surface area contributed by atoms with Crippen LogP contribution in [0.5, 0.6) is 0 Å². The van der Waals surface area contributed by atoms with E-state index in [9.17, 15) is 14.0 Å². The summed E-state index contributed by atoms with van der Waals surface area (Å²) < 4.78 is 18.7. The van der Waals surface area contributed by atoms with E-state index < -0.39 is 0 Å². The van der Waals surface area contributed by atoms with Crippen LogP contribution in [0.15, 0.2) is 59.7 Å². The zero-order valence-electron chi connectivity index (χ0n) is 17.3. The molecule has 1 fully saturated rings. The first-order valence-electron chi connectivity index (χ1n) is 10.5. The Morgan fingerprint density at radius 3 is 2.43 bits per heavy atom. The van der Waals surface area contributed by atoms with Crippen molar-refractivity contribution >= 4 is 11.8 Å². The quantitative estimate of drug-likeness (QED) is 0.568. The Balaban J connectivity index is 1.72. The summed E-state index contributed by atoms with van der Waals surface area (Å²) in [5, 5.41) is 0. The monoisotopic (exact) mass is 412 g/mol. The van der Waals surface area contributed by atoms with Crippen LogP contribution in [0.2, 0.25) is 0 Å². The summed E-state index contributed by atoms with van der Waals surface area (Å²) in [6.07, 6.45) is 8.26. The molecular formula is C24H29FN2O3. The van der Waals surface area contributed by atoms with Crippen LogP contribution in [0.3, 0.4) is 0 Å². The molecule has 3 rings (SSSR count). The molecule has 1 heterocycles. The molecule has 0 spiro atoms. The molecule has 6 heteroatoms. The number of rotatable bonds is 9. The van der Waals surface area contributed by atoms with Gasteiger partial charge in [0.1, 0.15) is 18.1 Å². The summed E-state index contributed by atoms with van der Waals surface area (Å²) in [4.78, 5) is 29.4. The highest BCUT2D eigenvalue weighted by molar-refractivity contribution is 5.86. The van der Waals surface area contributed by atoms with Crippen LogP contribution in [0.1, 0.15) is 43.4 Å². The zero-order valence-corrected chi connectivity index (χ0v) is 17.3. The van der Waals surface area contributed by atoms with Crippen molar-refractivity contribution in [2.24, 2.45) is 5.92 Å². The lowest BCUT2D eigenvalue weighted by Gasteiger charge is -2.30. The lowest BCUT2D eigenvalue weighted by atomic mass is 9.88. The van der Waals surface area contributed by atoms with Gasteiger partial charge in [-0.05, 0) is 42.7 Å². The highest BCUT2D eigenvalue weighted by atomic mass is 19.1. The first kappa shape index (κ1) is 21.8. The van der Waals surface area contributed by atoms with Crippen LogP contribution < -0.4 is 0 Å². The van der Waals surface area contributed by atoms with Gasteiger partial charge in [0.15, 0.2) is 0 Å². The van der Waals surface area contributed by atoms with E-state index in [1.165, 1.54) is 18.6 Å². The van der Waals surface area contributed by atoms with Crippen molar-refractivity contribution in [3.05, 3.63) is 72.5 Å². The van der Waals surface area contributed by atoms with Gasteiger partial charge < -0.3 is 14.2 Å².